The molecule has 6 nitrogen and oxygen atoms in total. The van der Waals surface area contributed by atoms with Crippen LogP contribution in [0.1, 0.15) is 61.3 Å². The third kappa shape index (κ3) is 11.9. The van der Waals surface area contributed by atoms with Gasteiger partial charge in [-0.05, 0) is 45.4 Å². The summed E-state index contributed by atoms with van der Waals surface area (Å²) in [4.78, 5) is 23.2. The smallest absolute Gasteiger partial charge is 0.407 e. The zero-order valence-corrected chi connectivity index (χ0v) is 15.6. The lowest BCUT2D eigenvalue weighted by molar-refractivity contribution is -0.139. The molecule has 0 heterocycles. The predicted molar refractivity (Wildman–Crippen MR) is 91.5 cm³/mol. The Morgan fingerprint density at radius 2 is 1.57 bits per heavy atom. The molecule has 0 aliphatic heterocycles. The van der Waals surface area contributed by atoms with Crippen LogP contribution < -0.4 is 10.6 Å². The molecule has 0 rings (SSSR count). The van der Waals surface area contributed by atoms with Crippen LogP contribution >= 0.6 is 0 Å². The molecule has 23 heavy (non-hydrogen) atoms. The molecule has 0 saturated heterocycles. The van der Waals surface area contributed by atoms with Gasteiger partial charge in [-0.2, -0.15) is 0 Å². The summed E-state index contributed by atoms with van der Waals surface area (Å²) in [5.41, 5.74) is -0.554. The van der Waals surface area contributed by atoms with Crippen molar-refractivity contribution in [1.82, 2.24) is 10.6 Å². The van der Waals surface area contributed by atoms with Crippen LogP contribution in [0.5, 0.6) is 0 Å². The van der Waals surface area contributed by atoms with Crippen molar-refractivity contribution in [3.63, 3.8) is 0 Å². The highest BCUT2D eigenvalue weighted by atomic mass is 16.6. The number of carboxylic acids is 1. The lowest BCUT2D eigenvalue weighted by Gasteiger charge is -2.26. The molecule has 3 N–H and O–H groups in total. The van der Waals surface area contributed by atoms with Crippen molar-refractivity contribution in [2.24, 2.45) is 11.8 Å². The van der Waals surface area contributed by atoms with Gasteiger partial charge in [0.25, 0.3) is 0 Å². The number of carbonyl (C=O) groups is 2. The lowest BCUT2D eigenvalue weighted by atomic mass is 10.0. The molecule has 1 amide bonds. The normalized spacial score (nSPS) is 14.7. The van der Waals surface area contributed by atoms with Gasteiger partial charge in [0.1, 0.15) is 11.6 Å². The van der Waals surface area contributed by atoms with Gasteiger partial charge in [0, 0.05) is 12.6 Å². The SMILES string of the molecule is CC(C)C[C@@H](CN[C@H](CC(C)C)C(=O)O)NC(=O)OC(C)(C)C. The van der Waals surface area contributed by atoms with Crippen molar-refractivity contribution in [3.05, 3.63) is 0 Å². The number of rotatable bonds is 9. The van der Waals surface area contributed by atoms with Gasteiger partial charge in [-0.15, -0.1) is 0 Å². The zero-order chi connectivity index (χ0) is 18.2. The molecule has 0 aliphatic carbocycles. The molecular weight excluding hydrogens is 296 g/mol. The monoisotopic (exact) mass is 330 g/mol. The minimum atomic E-state index is -0.862. The van der Waals surface area contributed by atoms with Crippen LogP contribution in [0.2, 0.25) is 0 Å². The quantitative estimate of drug-likeness (QED) is 0.605. The Labute approximate surface area is 140 Å². The fraction of sp³-hybridized carbons (Fsp3) is 0.882. The average Bonchev–Trinajstić information content (AvgIpc) is 2.29. The summed E-state index contributed by atoms with van der Waals surface area (Å²) in [7, 11) is 0. The molecule has 0 aromatic carbocycles. The molecular formula is C17H34N2O4. The maximum absolute atomic E-state index is 11.9. The molecule has 0 spiro atoms. The molecule has 0 aromatic rings. The number of amides is 1. The van der Waals surface area contributed by atoms with Crippen molar-refractivity contribution in [1.29, 1.82) is 0 Å². The second kappa shape index (κ2) is 9.75. The van der Waals surface area contributed by atoms with E-state index in [1.165, 1.54) is 0 Å². The second-order valence-electron chi connectivity index (χ2n) is 7.90. The van der Waals surface area contributed by atoms with E-state index in [0.717, 1.165) is 6.42 Å². The Bertz CT molecular complexity index is 375. The Morgan fingerprint density at radius 1 is 1.04 bits per heavy atom. The van der Waals surface area contributed by atoms with E-state index in [4.69, 9.17) is 4.74 Å². The summed E-state index contributed by atoms with van der Waals surface area (Å²) in [5.74, 6) is -0.199. The molecule has 0 aliphatic rings. The zero-order valence-electron chi connectivity index (χ0n) is 15.6. The summed E-state index contributed by atoms with van der Waals surface area (Å²) in [6.45, 7) is 13.9. The molecule has 0 fully saturated rings. The van der Waals surface area contributed by atoms with E-state index >= 15 is 0 Å². The van der Waals surface area contributed by atoms with E-state index in [2.05, 4.69) is 24.5 Å². The predicted octanol–water partition coefficient (Wildman–Crippen LogP) is 3.01. The molecule has 0 radical (unpaired) electrons. The fourth-order valence-electron chi connectivity index (χ4n) is 2.26. The van der Waals surface area contributed by atoms with Gasteiger partial charge < -0.3 is 20.5 Å². The maximum Gasteiger partial charge on any atom is 0.407 e. The minimum absolute atomic E-state index is 0.168. The molecule has 6 heteroatoms. The maximum atomic E-state index is 11.9. The van der Waals surface area contributed by atoms with Gasteiger partial charge in [0.15, 0.2) is 0 Å². The van der Waals surface area contributed by atoms with Gasteiger partial charge >= 0.3 is 12.1 Å². The highest BCUT2D eigenvalue weighted by Gasteiger charge is 2.23. The molecule has 0 saturated carbocycles. The number of hydrogen-bond donors (Lipinski definition) is 3. The van der Waals surface area contributed by atoms with E-state index < -0.39 is 23.7 Å². The number of ether oxygens (including phenoxy) is 1. The van der Waals surface area contributed by atoms with Crippen molar-refractivity contribution in [3.8, 4) is 0 Å². The van der Waals surface area contributed by atoms with Crippen molar-refractivity contribution >= 4 is 12.1 Å². The van der Waals surface area contributed by atoms with Gasteiger partial charge in [-0.3, -0.25) is 4.79 Å². The number of nitrogens with one attached hydrogen (secondary N) is 2. The number of alkyl carbamates (subject to hydrolysis) is 1. The van der Waals surface area contributed by atoms with Gasteiger partial charge in [-0.25, -0.2) is 4.79 Å². The number of hydrogen-bond acceptors (Lipinski definition) is 4. The number of carboxylic acid groups (broad SMARTS) is 1. The summed E-state index contributed by atoms with van der Waals surface area (Å²) in [6.07, 6.45) is 0.830. The number of aliphatic carboxylic acids is 1. The molecule has 0 aromatic heterocycles. The highest BCUT2D eigenvalue weighted by molar-refractivity contribution is 5.73. The lowest BCUT2D eigenvalue weighted by Crippen LogP contribution is -2.49. The third-order valence-corrected chi connectivity index (χ3v) is 3.09. The largest absolute Gasteiger partial charge is 0.480 e. The first kappa shape index (κ1) is 21.7. The van der Waals surface area contributed by atoms with Gasteiger partial charge in [0.05, 0.1) is 0 Å². The van der Waals surface area contributed by atoms with Crippen LogP contribution in [-0.4, -0.2) is 41.4 Å². The van der Waals surface area contributed by atoms with Crippen LogP contribution in [0.25, 0.3) is 0 Å². The van der Waals surface area contributed by atoms with Crippen molar-refractivity contribution in [2.45, 2.75) is 79.0 Å². The standard InChI is InChI=1S/C17H34N2O4/c1-11(2)8-13(19-16(22)23-17(5,6)7)10-18-14(15(20)21)9-12(3)4/h11-14,18H,8-10H2,1-7H3,(H,19,22)(H,20,21)/t13-,14+/m0/s1. The van der Waals surface area contributed by atoms with E-state index in [1.807, 2.05) is 34.6 Å². The van der Waals surface area contributed by atoms with Crippen LogP contribution in [0.4, 0.5) is 4.79 Å². The minimum Gasteiger partial charge on any atom is -0.480 e. The van der Waals surface area contributed by atoms with Crippen LogP contribution in [0.15, 0.2) is 0 Å². The molecule has 2 atom stereocenters. The highest BCUT2D eigenvalue weighted by Crippen LogP contribution is 2.10. The Kier molecular flexibility index (Phi) is 9.20. The summed E-state index contributed by atoms with van der Waals surface area (Å²) >= 11 is 0. The van der Waals surface area contributed by atoms with Crippen molar-refractivity contribution in [2.75, 3.05) is 6.54 Å². The topological polar surface area (TPSA) is 87.7 Å². The van der Waals surface area contributed by atoms with Crippen LogP contribution in [0.3, 0.4) is 0 Å². The second-order valence-corrected chi connectivity index (χ2v) is 7.90. The van der Waals surface area contributed by atoms with E-state index in [-0.39, 0.29) is 12.0 Å². The molecule has 0 bridgehead atoms. The van der Waals surface area contributed by atoms with E-state index in [9.17, 15) is 14.7 Å². The summed E-state index contributed by atoms with van der Waals surface area (Å²) < 4.78 is 5.27. The Hall–Kier alpha value is -1.30. The summed E-state index contributed by atoms with van der Waals surface area (Å²) in [5, 5.41) is 15.2. The average molecular weight is 330 g/mol. The first-order chi connectivity index (χ1) is 10.4. The molecule has 0 unspecified atom stereocenters. The molecule has 136 valence electrons. The van der Waals surface area contributed by atoms with E-state index in [0.29, 0.717) is 18.9 Å². The van der Waals surface area contributed by atoms with Crippen LogP contribution in [0, 0.1) is 11.8 Å². The summed E-state index contributed by atoms with van der Waals surface area (Å²) in [6, 6.07) is -0.774. The van der Waals surface area contributed by atoms with Crippen LogP contribution in [-0.2, 0) is 9.53 Å². The Balaban J connectivity index is 4.65. The van der Waals surface area contributed by atoms with E-state index in [1.54, 1.807) is 0 Å². The Morgan fingerprint density at radius 3 is 1.96 bits per heavy atom. The first-order valence-corrected chi connectivity index (χ1v) is 8.36. The van der Waals surface area contributed by atoms with Crippen molar-refractivity contribution < 1.29 is 19.4 Å². The number of carbonyl (C=O) groups excluding carboxylic acids is 1. The van der Waals surface area contributed by atoms with Gasteiger partial charge in [0.2, 0.25) is 0 Å². The fourth-order valence-corrected chi connectivity index (χ4v) is 2.26. The first-order valence-electron chi connectivity index (χ1n) is 8.36. The third-order valence-electron chi connectivity index (χ3n) is 3.09. The van der Waals surface area contributed by atoms with Gasteiger partial charge in [-0.1, -0.05) is 27.7 Å².